The summed E-state index contributed by atoms with van der Waals surface area (Å²) in [6.45, 7) is 1.75. The average Bonchev–Trinajstić information content (AvgIpc) is 3.13. The minimum absolute atomic E-state index is 0.484. The van der Waals surface area contributed by atoms with E-state index in [1.165, 1.54) is 43.2 Å². The second-order valence-electron chi connectivity index (χ2n) is 7.46. The molecule has 26 heavy (non-hydrogen) atoms. The Bertz CT molecular complexity index is 941. The fourth-order valence-corrected chi connectivity index (χ4v) is 4.36. The molecule has 6 heteroatoms. The molecule has 3 aromatic rings. The van der Waals surface area contributed by atoms with E-state index in [1.807, 2.05) is 6.33 Å². The van der Waals surface area contributed by atoms with Crippen molar-refractivity contribution in [1.82, 2.24) is 19.5 Å². The molecule has 0 saturated heterocycles. The lowest BCUT2D eigenvalue weighted by Crippen LogP contribution is -2.32. The van der Waals surface area contributed by atoms with Gasteiger partial charge in [-0.2, -0.15) is 9.97 Å². The Labute approximate surface area is 153 Å². The summed E-state index contributed by atoms with van der Waals surface area (Å²) in [4.78, 5) is 16.2. The number of anilines is 2. The van der Waals surface area contributed by atoms with Crippen molar-refractivity contribution >= 4 is 22.9 Å². The number of nitrogens with two attached hydrogens (primary N) is 1. The van der Waals surface area contributed by atoms with Crippen LogP contribution in [0.2, 0.25) is 0 Å². The van der Waals surface area contributed by atoms with Crippen LogP contribution < -0.4 is 10.6 Å². The van der Waals surface area contributed by atoms with Crippen molar-refractivity contribution < 1.29 is 0 Å². The Morgan fingerprint density at radius 3 is 2.65 bits per heavy atom. The third-order valence-electron chi connectivity index (χ3n) is 5.82. The molecule has 134 valence electrons. The van der Waals surface area contributed by atoms with Gasteiger partial charge in [0.1, 0.15) is 5.52 Å². The van der Waals surface area contributed by atoms with Crippen LogP contribution in [0.3, 0.4) is 0 Å². The first-order chi connectivity index (χ1) is 12.8. The average molecular weight is 348 g/mol. The summed E-state index contributed by atoms with van der Waals surface area (Å²) in [7, 11) is 0. The van der Waals surface area contributed by atoms with E-state index in [4.69, 9.17) is 10.7 Å². The first kappa shape index (κ1) is 15.6. The van der Waals surface area contributed by atoms with Gasteiger partial charge in [-0.25, -0.2) is 4.98 Å². The van der Waals surface area contributed by atoms with E-state index >= 15 is 0 Å². The molecule has 2 aliphatic rings. The van der Waals surface area contributed by atoms with Gasteiger partial charge in [0.25, 0.3) is 0 Å². The standard InChI is InChI=1S/C20H24N6/c21-18-17-19(26(13-22-17)16-8-2-1-3-9-16)24-20(23-18)25-11-10-14-6-4-5-7-15(14)12-25/h4-7,13,16H,1-3,8-12H2,(H2,21,23,24). The number of nitrogens with zero attached hydrogens (tertiary/aromatic N) is 5. The molecule has 0 spiro atoms. The van der Waals surface area contributed by atoms with Gasteiger partial charge < -0.3 is 15.2 Å². The highest BCUT2D eigenvalue weighted by atomic mass is 15.3. The number of fused-ring (bicyclic) bond motifs is 2. The molecule has 0 atom stereocenters. The lowest BCUT2D eigenvalue weighted by atomic mass is 9.95. The van der Waals surface area contributed by atoms with E-state index < -0.39 is 0 Å². The van der Waals surface area contributed by atoms with E-state index in [-0.39, 0.29) is 0 Å². The Morgan fingerprint density at radius 2 is 1.81 bits per heavy atom. The van der Waals surface area contributed by atoms with Gasteiger partial charge in [0.2, 0.25) is 5.95 Å². The van der Waals surface area contributed by atoms with Crippen LogP contribution in [0.15, 0.2) is 30.6 Å². The zero-order valence-corrected chi connectivity index (χ0v) is 14.9. The van der Waals surface area contributed by atoms with Crippen LogP contribution in [0.25, 0.3) is 11.2 Å². The van der Waals surface area contributed by atoms with Gasteiger partial charge >= 0.3 is 0 Å². The van der Waals surface area contributed by atoms with Crippen molar-refractivity contribution in [3.8, 4) is 0 Å². The molecule has 0 unspecified atom stereocenters. The number of rotatable bonds is 2. The molecule has 1 fully saturated rings. The molecule has 1 aliphatic heterocycles. The van der Waals surface area contributed by atoms with Gasteiger partial charge in [-0.3, -0.25) is 0 Å². The van der Waals surface area contributed by atoms with Crippen molar-refractivity contribution in [2.24, 2.45) is 0 Å². The van der Waals surface area contributed by atoms with E-state index in [1.54, 1.807) is 0 Å². The predicted molar refractivity (Wildman–Crippen MR) is 103 cm³/mol. The maximum absolute atomic E-state index is 6.25. The van der Waals surface area contributed by atoms with Crippen molar-refractivity contribution in [3.05, 3.63) is 41.7 Å². The normalized spacial score (nSPS) is 18.2. The SMILES string of the molecule is Nc1nc(N2CCc3ccccc3C2)nc2c1ncn2C1CCCCC1. The van der Waals surface area contributed by atoms with Crippen molar-refractivity contribution in [1.29, 1.82) is 0 Å². The minimum Gasteiger partial charge on any atom is -0.382 e. The van der Waals surface area contributed by atoms with Crippen LogP contribution in [0, 0.1) is 0 Å². The first-order valence-electron chi connectivity index (χ1n) is 9.61. The molecule has 2 N–H and O–H groups in total. The smallest absolute Gasteiger partial charge is 0.229 e. The summed E-state index contributed by atoms with van der Waals surface area (Å²) in [6, 6.07) is 9.09. The van der Waals surface area contributed by atoms with E-state index in [0.717, 1.165) is 36.6 Å². The number of benzene rings is 1. The predicted octanol–water partition coefficient (Wildman–Crippen LogP) is 3.48. The fraction of sp³-hybridized carbons (Fsp3) is 0.450. The maximum atomic E-state index is 6.25. The quantitative estimate of drug-likeness (QED) is 0.767. The lowest BCUT2D eigenvalue weighted by molar-refractivity contribution is 0.358. The molecule has 0 radical (unpaired) electrons. The molecule has 3 heterocycles. The molecule has 1 aromatic carbocycles. The summed E-state index contributed by atoms with van der Waals surface area (Å²) in [6.07, 6.45) is 9.20. The zero-order chi connectivity index (χ0) is 17.5. The summed E-state index contributed by atoms with van der Waals surface area (Å²) in [5.41, 5.74) is 10.6. The van der Waals surface area contributed by atoms with Crippen LogP contribution in [-0.2, 0) is 13.0 Å². The number of imidazole rings is 1. The molecule has 1 saturated carbocycles. The van der Waals surface area contributed by atoms with Crippen LogP contribution >= 0.6 is 0 Å². The highest BCUT2D eigenvalue weighted by molar-refractivity contribution is 5.83. The van der Waals surface area contributed by atoms with Gasteiger partial charge in [0, 0.05) is 19.1 Å². The van der Waals surface area contributed by atoms with E-state index in [2.05, 4.69) is 43.7 Å². The fourth-order valence-electron chi connectivity index (χ4n) is 4.36. The van der Waals surface area contributed by atoms with Gasteiger partial charge in [0.15, 0.2) is 11.5 Å². The molecular weight excluding hydrogens is 324 g/mol. The minimum atomic E-state index is 0.484. The number of aromatic nitrogens is 4. The van der Waals surface area contributed by atoms with E-state index in [0.29, 0.717) is 11.9 Å². The third-order valence-corrected chi connectivity index (χ3v) is 5.82. The Hall–Kier alpha value is -2.63. The molecule has 0 amide bonds. The Balaban J connectivity index is 1.52. The molecule has 0 bridgehead atoms. The van der Waals surface area contributed by atoms with Crippen LogP contribution in [0.4, 0.5) is 11.8 Å². The van der Waals surface area contributed by atoms with Gasteiger partial charge in [-0.1, -0.05) is 43.5 Å². The molecule has 6 nitrogen and oxygen atoms in total. The summed E-state index contributed by atoms with van der Waals surface area (Å²) in [5, 5.41) is 0. The number of hydrogen-bond donors (Lipinski definition) is 1. The largest absolute Gasteiger partial charge is 0.382 e. The molecule has 1 aliphatic carbocycles. The maximum Gasteiger partial charge on any atom is 0.229 e. The van der Waals surface area contributed by atoms with Crippen molar-refractivity contribution in [2.45, 2.75) is 51.1 Å². The van der Waals surface area contributed by atoms with Crippen LogP contribution in [0.5, 0.6) is 0 Å². The first-order valence-corrected chi connectivity index (χ1v) is 9.61. The monoisotopic (exact) mass is 348 g/mol. The van der Waals surface area contributed by atoms with Crippen molar-refractivity contribution in [3.63, 3.8) is 0 Å². The second kappa shape index (κ2) is 6.27. The van der Waals surface area contributed by atoms with Gasteiger partial charge in [0.05, 0.1) is 6.33 Å². The summed E-state index contributed by atoms with van der Waals surface area (Å²) >= 11 is 0. The van der Waals surface area contributed by atoms with Gasteiger partial charge in [-0.15, -0.1) is 0 Å². The number of nitrogen functional groups attached to an aromatic ring is 1. The molecule has 2 aromatic heterocycles. The van der Waals surface area contributed by atoms with Crippen LogP contribution in [-0.4, -0.2) is 26.1 Å². The van der Waals surface area contributed by atoms with Gasteiger partial charge in [-0.05, 0) is 30.4 Å². The van der Waals surface area contributed by atoms with Crippen LogP contribution in [0.1, 0.15) is 49.3 Å². The molecular formula is C20H24N6. The summed E-state index contributed by atoms with van der Waals surface area (Å²) in [5.74, 6) is 1.21. The third kappa shape index (κ3) is 2.60. The Morgan fingerprint density at radius 1 is 1.00 bits per heavy atom. The summed E-state index contributed by atoms with van der Waals surface area (Å²) < 4.78 is 2.23. The van der Waals surface area contributed by atoms with Crippen molar-refractivity contribution in [2.75, 3.05) is 17.2 Å². The topological polar surface area (TPSA) is 72.9 Å². The molecule has 5 rings (SSSR count). The Kier molecular flexibility index (Phi) is 3.76. The van der Waals surface area contributed by atoms with E-state index in [9.17, 15) is 0 Å². The highest BCUT2D eigenvalue weighted by Crippen LogP contribution is 2.32. The lowest BCUT2D eigenvalue weighted by Gasteiger charge is -2.29. The number of hydrogen-bond acceptors (Lipinski definition) is 5. The highest BCUT2D eigenvalue weighted by Gasteiger charge is 2.23. The zero-order valence-electron chi connectivity index (χ0n) is 14.9. The second-order valence-corrected chi connectivity index (χ2v) is 7.46.